The van der Waals surface area contributed by atoms with Gasteiger partial charge in [0, 0.05) is 41.9 Å². The predicted molar refractivity (Wildman–Crippen MR) is 102 cm³/mol. The van der Waals surface area contributed by atoms with Crippen LogP contribution in [-0.2, 0) is 17.8 Å². The SMILES string of the molecule is C[C@@H](C#N)c1cc2cc(Nc3cc4n(n3)CC(=O)NCC4)ncc2c(N)c1F. The summed E-state index contributed by atoms with van der Waals surface area (Å²) in [5.74, 6) is -0.204. The van der Waals surface area contributed by atoms with Crippen molar-refractivity contribution in [2.24, 2.45) is 0 Å². The number of rotatable bonds is 3. The molecule has 2 aromatic heterocycles. The van der Waals surface area contributed by atoms with E-state index in [4.69, 9.17) is 11.0 Å². The van der Waals surface area contributed by atoms with Gasteiger partial charge in [0.15, 0.2) is 11.6 Å². The van der Waals surface area contributed by atoms with Crippen molar-refractivity contribution in [3.8, 4) is 6.07 Å². The molecule has 9 heteroatoms. The molecule has 1 amide bonds. The molecule has 0 bridgehead atoms. The molecule has 0 fully saturated rings. The highest BCUT2D eigenvalue weighted by Crippen LogP contribution is 2.32. The lowest BCUT2D eigenvalue weighted by atomic mass is 9.97. The highest BCUT2D eigenvalue weighted by atomic mass is 19.1. The Hall–Kier alpha value is -3.67. The van der Waals surface area contributed by atoms with Crippen molar-refractivity contribution in [1.29, 1.82) is 5.26 Å². The van der Waals surface area contributed by atoms with E-state index in [0.717, 1.165) is 5.69 Å². The lowest BCUT2D eigenvalue weighted by Gasteiger charge is -2.12. The summed E-state index contributed by atoms with van der Waals surface area (Å²) in [6.07, 6.45) is 2.18. The minimum absolute atomic E-state index is 0.0200. The van der Waals surface area contributed by atoms with E-state index in [1.807, 2.05) is 12.1 Å². The van der Waals surface area contributed by atoms with Crippen LogP contribution in [0, 0.1) is 17.1 Å². The Labute approximate surface area is 160 Å². The van der Waals surface area contributed by atoms with Crippen LogP contribution in [0.4, 0.5) is 21.7 Å². The maximum Gasteiger partial charge on any atom is 0.241 e. The molecule has 3 aromatic rings. The van der Waals surface area contributed by atoms with Gasteiger partial charge in [0.05, 0.1) is 17.7 Å². The maximum absolute atomic E-state index is 14.4. The van der Waals surface area contributed by atoms with Crippen LogP contribution < -0.4 is 16.4 Å². The summed E-state index contributed by atoms with van der Waals surface area (Å²) in [6.45, 7) is 2.37. The second-order valence-electron chi connectivity index (χ2n) is 6.74. The van der Waals surface area contributed by atoms with Crippen LogP contribution >= 0.6 is 0 Å². The lowest BCUT2D eigenvalue weighted by Crippen LogP contribution is -2.25. The van der Waals surface area contributed by atoms with Gasteiger partial charge < -0.3 is 16.4 Å². The van der Waals surface area contributed by atoms with E-state index in [2.05, 4.69) is 20.7 Å². The van der Waals surface area contributed by atoms with Crippen LogP contribution in [0.1, 0.15) is 24.1 Å². The number of pyridine rings is 1. The highest BCUT2D eigenvalue weighted by Gasteiger charge is 2.18. The first kappa shape index (κ1) is 17.7. The molecule has 0 spiro atoms. The average molecular weight is 379 g/mol. The summed E-state index contributed by atoms with van der Waals surface area (Å²) < 4.78 is 16.1. The number of hydrogen-bond acceptors (Lipinski definition) is 6. The number of amides is 1. The number of nitriles is 1. The average Bonchev–Trinajstić information content (AvgIpc) is 2.95. The zero-order chi connectivity index (χ0) is 19.8. The zero-order valence-electron chi connectivity index (χ0n) is 15.2. The summed E-state index contributed by atoms with van der Waals surface area (Å²) in [5.41, 5.74) is 7.09. The molecule has 4 N–H and O–H groups in total. The van der Waals surface area contributed by atoms with Crippen LogP contribution in [0.25, 0.3) is 10.8 Å². The van der Waals surface area contributed by atoms with E-state index in [1.165, 1.54) is 6.20 Å². The monoisotopic (exact) mass is 379 g/mol. The van der Waals surface area contributed by atoms with Gasteiger partial charge in [0.2, 0.25) is 5.91 Å². The molecule has 1 aromatic carbocycles. The first-order valence-corrected chi connectivity index (χ1v) is 8.84. The molecule has 0 saturated carbocycles. The predicted octanol–water partition coefficient (Wildman–Crippen LogP) is 2.20. The fraction of sp³-hybridized carbons (Fsp3) is 0.263. The number of carbonyl (C=O) groups is 1. The topological polar surface area (TPSA) is 122 Å². The molecule has 0 radical (unpaired) electrons. The first-order chi connectivity index (χ1) is 13.5. The fourth-order valence-electron chi connectivity index (χ4n) is 3.28. The number of halogens is 1. The number of benzene rings is 1. The normalized spacial score (nSPS) is 14.7. The summed E-state index contributed by atoms with van der Waals surface area (Å²) in [7, 11) is 0. The van der Waals surface area contributed by atoms with E-state index >= 15 is 0 Å². The minimum Gasteiger partial charge on any atom is -0.396 e. The highest BCUT2D eigenvalue weighted by molar-refractivity contribution is 5.95. The van der Waals surface area contributed by atoms with Crippen LogP contribution in [0.2, 0.25) is 0 Å². The van der Waals surface area contributed by atoms with Gasteiger partial charge in [-0.1, -0.05) is 0 Å². The molecule has 4 rings (SSSR count). The number of anilines is 3. The molecule has 0 unspecified atom stereocenters. The number of nitrogens with one attached hydrogen (secondary N) is 2. The summed E-state index contributed by atoms with van der Waals surface area (Å²) >= 11 is 0. The van der Waals surface area contributed by atoms with Gasteiger partial charge in [-0.2, -0.15) is 10.4 Å². The smallest absolute Gasteiger partial charge is 0.241 e. The third kappa shape index (κ3) is 3.09. The third-order valence-corrected chi connectivity index (χ3v) is 4.80. The Morgan fingerprint density at radius 1 is 1.39 bits per heavy atom. The fourth-order valence-corrected chi connectivity index (χ4v) is 3.28. The second-order valence-corrected chi connectivity index (χ2v) is 6.74. The van der Waals surface area contributed by atoms with Crippen molar-refractivity contribution in [2.75, 3.05) is 17.6 Å². The Balaban J connectivity index is 1.69. The molecule has 0 saturated heterocycles. The molecule has 3 heterocycles. The number of hydrogen-bond donors (Lipinski definition) is 3. The molecule has 142 valence electrons. The maximum atomic E-state index is 14.4. The van der Waals surface area contributed by atoms with E-state index < -0.39 is 11.7 Å². The third-order valence-electron chi connectivity index (χ3n) is 4.80. The molecule has 1 aliphatic rings. The number of nitrogen functional groups attached to an aromatic ring is 1. The van der Waals surface area contributed by atoms with Crippen LogP contribution in [0.5, 0.6) is 0 Å². The largest absolute Gasteiger partial charge is 0.396 e. The Morgan fingerprint density at radius 3 is 3.00 bits per heavy atom. The number of nitrogens with two attached hydrogens (primary N) is 1. The number of carbonyl (C=O) groups excluding carboxylic acids is 1. The van der Waals surface area contributed by atoms with E-state index in [1.54, 1.807) is 23.7 Å². The Morgan fingerprint density at radius 2 is 2.21 bits per heavy atom. The van der Waals surface area contributed by atoms with Crippen LogP contribution in [0.3, 0.4) is 0 Å². The van der Waals surface area contributed by atoms with Gasteiger partial charge in [-0.15, -0.1) is 0 Å². The molecule has 28 heavy (non-hydrogen) atoms. The Bertz CT molecular complexity index is 1130. The summed E-state index contributed by atoms with van der Waals surface area (Å²) in [5, 5.41) is 20.6. The van der Waals surface area contributed by atoms with Gasteiger partial charge in [0.1, 0.15) is 12.4 Å². The molecule has 0 aliphatic carbocycles. The lowest BCUT2D eigenvalue weighted by molar-refractivity contribution is -0.121. The van der Waals surface area contributed by atoms with Gasteiger partial charge >= 0.3 is 0 Å². The van der Waals surface area contributed by atoms with E-state index in [-0.39, 0.29) is 23.7 Å². The quantitative estimate of drug-likeness (QED) is 0.600. The van der Waals surface area contributed by atoms with Gasteiger partial charge in [-0.3, -0.25) is 9.48 Å². The van der Waals surface area contributed by atoms with Crippen molar-refractivity contribution in [3.05, 3.63) is 41.5 Å². The van der Waals surface area contributed by atoms with Crippen molar-refractivity contribution < 1.29 is 9.18 Å². The van der Waals surface area contributed by atoms with Gasteiger partial charge in [0.25, 0.3) is 0 Å². The molecular weight excluding hydrogens is 361 g/mol. The second kappa shape index (κ2) is 6.81. The van der Waals surface area contributed by atoms with E-state index in [9.17, 15) is 9.18 Å². The van der Waals surface area contributed by atoms with Crippen molar-refractivity contribution in [2.45, 2.75) is 25.8 Å². The number of nitrogens with zero attached hydrogens (tertiary/aromatic N) is 4. The van der Waals surface area contributed by atoms with Gasteiger partial charge in [-0.25, -0.2) is 9.37 Å². The van der Waals surface area contributed by atoms with Crippen molar-refractivity contribution in [3.63, 3.8) is 0 Å². The standard InChI is InChI=1S/C19H18FN7O/c1-10(7-21)13-4-11-5-15(24-8-14(11)19(22)18(13)20)25-16-6-12-2-3-23-17(28)9-27(12)26-16/h4-6,8,10H,2-3,9,22H2,1H3,(H,23,28)(H,24,25,26)/t10-/m0/s1. The first-order valence-electron chi connectivity index (χ1n) is 8.84. The van der Waals surface area contributed by atoms with Gasteiger partial charge in [-0.05, 0) is 24.4 Å². The van der Waals surface area contributed by atoms with Crippen LogP contribution in [-0.4, -0.2) is 27.2 Å². The van der Waals surface area contributed by atoms with Crippen molar-refractivity contribution in [1.82, 2.24) is 20.1 Å². The number of fused-ring (bicyclic) bond motifs is 2. The summed E-state index contributed by atoms with van der Waals surface area (Å²) in [6, 6.07) is 7.25. The Kier molecular flexibility index (Phi) is 4.31. The minimum atomic E-state index is -0.619. The number of aromatic nitrogens is 3. The summed E-state index contributed by atoms with van der Waals surface area (Å²) in [4.78, 5) is 15.9. The van der Waals surface area contributed by atoms with E-state index in [0.29, 0.717) is 35.4 Å². The molecule has 8 nitrogen and oxygen atoms in total. The molecule has 1 atom stereocenters. The van der Waals surface area contributed by atoms with Crippen molar-refractivity contribution >= 4 is 34.0 Å². The zero-order valence-corrected chi connectivity index (χ0v) is 15.2. The van der Waals surface area contributed by atoms with Crippen LogP contribution in [0.15, 0.2) is 24.4 Å². The molecule has 1 aliphatic heterocycles. The molecular formula is C19H18FN7O.